The van der Waals surface area contributed by atoms with Crippen molar-refractivity contribution in [1.82, 2.24) is 0 Å². The molecule has 1 heterocycles. The second kappa shape index (κ2) is 3.77. The molecular formula is C10H12ClNO2S. The number of halogens is 1. The van der Waals surface area contributed by atoms with E-state index in [1.807, 2.05) is 11.4 Å². The summed E-state index contributed by atoms with van der Waals surface area (Å²) in [6.07, 6.45) is 2.23. The minimum atomic E-state index is -0.802. The Morgan fingerprint density at radius 2 is 2.33 bits per heavy atom. The molecule has 0 radical (unpaired) electrons. The molecule has 0 bridgehead atoms. The molecule has 1 aromatic heterocycles. The van der Waals surface area contributed by atoms with Gasteiger partial charge in [-0.1, -0.05) is 18.0 Å². The van der Waals surface area contributed by atoms with Crippen molar-refractivity contribution in [3.05, 3.63) is 21.3 Å². The van der Waals surface area contributed by atoms with Crippen LogP contribution >= 0.6 is 22.9 Å². The van der Waals surface area contributed by atoms with Crippen LogP contribution in [0.5, 0.6) is 0 Å². The van der Waals surface area contributed by atoms with Crippen molar-refractivity contribution in [3.63, 3.8) is 0 Å². The summed E-state index contributed by atoms with van der Waals surface area (Å²) in [5, 5.41) is 11.1. The van der Waals surface area contributed by atoms with Crippen LogP contribution in [0.25, 0.3) is 0 Å². The van der Waals surface area contributed by atoms with E-state index in [1.165, 1.54) is 11.3 Å². The number of hydrogen-bond acceptors (Lipinski definition) is 3. The number of rotatable bonds is 3. The molecule has 3 N–H and O–H groups in total. The fourth-order valence-electron chi connectivity index (χ4n) is 2.04. The van der Waals surface area contributed by atoms with Crippen molar-refractivity contribution < 1.29 is 9.90 Å². The van der Waals surface area contributed by atoms with Crippen LogP contribution in [0.4, 0.5) is 0 Å². The van der Waals surface area contributed by atoms with Crippen LogP contribution < -0.4 is 5.73 Å². The number of nitrogens with two attached hydrogens (primary N) is 1. The molecule has 5 heteroatoms. The molecule has 0 amide bonds. The molecule has 0 spiro atoms. The van der Waals surface area contributed by atoms with Gasteiger partial charge in [-0.25, -0.2) is 0 Å². The molecular weight excluding hydrogens is 234 g/mol. The third-order valence-corrected chi connectivity index (χ3v) is 4.45. The lowest BCUT2D eigenvalue weighted by Gasteiger charge is -2.42. The van der Waals surface area contributed by atoms with E-state index >= 15 is 0 Å². The molecule has 0 aliphatic heterocycles. The fourth-order valence-corrected chi connectivity index (χ4v) is 3.04. The van der Waals surface area contributed by atoms with Gasteiger partial charge in [-0.05, 0) is 29.9 Å². The lowest BCUT2D eigenvalue weighted by atomic mass is 9.63. The Hall–Kier alpha value is -0.580. The van der Waals surface area contributed by atoms with Crippen LogP contribution in [0.2, 0.25) is 4.34 Å². The summed E-state index contributed by atoms with van der Waals surface area (Å²) < 4.78 is 0.607. The first kappa shape index (κ1) is 10.9. The predicted molar refractivity (Wildman–Crippen MR) is 60.2 cm³/mol. The zero-order valence-corrected chi connectivity index (χ0v) is 9.64. The van der Waals surface area contributed by atoms with Gasteiger partial charge in [0.15, 0.2) is 0 Å². The molecule has 82 valence electrons. The number of carbonyl (C=O) groups is 1. The number of aliphatic carboxylic acids is 1. The maximum absolute atomic E-state index is 11.2. The Labute approximate surface area is 96.9 Å². The summed E-state index contributed by atoms with van der Waals surface area (Å²) in [6.45, 7) is 0. The third kappa shape index (κ3) is 1.57. The zero-order valence-electron chi connectivity index (χ0n) is 8.07. The Balaban J connectivity index is 2.31. The summed E-state index contributed by atoms with van der Waals surface area (Å²) in [6, 6.07) is 1.34. The lowest BCUT2D eigenvalue weighted by molar-refractivity contribution is -0.156. The smallest absolute Gasteiger partial charge is 0.311 e. The van der Waals surface area contributed by atoms with Gasteiger partial charge in [0.2, 0.25) is 0 Å². The van der Waals surface area contributed by atoms with Crippen molar-refractivity contribution in [2.45, 2.75) is 25.3 Å². The first-order chi connectivity index (χ1) is 7.08. The van der Waals surface area contributed by atoms with E-state index < -0.39 is 17.4 Å². The minimum Gasteiger partial charge on any atom is -0.481 e. The largest absolute Gasteiger partial charge is 0.481 e. The molecule has 15 heavy (non-hydrogen) atoms. The van der Waals surface area contributed by atoms with E-state index in [4.69, 9.17) is 17.3 Å². The Morgan fingerprint density at radius 3 is 2.67 bits per heavy atom. The molecule has 3 nitrogen and oxygen atoms in total. The van der Waals surface area contributed by atoms with Crippen molar-refractivity contribution >= 4 is 28.9 Å². The fraction of sp³-hybridized carbons (Fsp3) is 0.500. The van der Waals surface area contributed by atoms with Gasteiger partial charge >= 0.3 is 5.97 Å². The molecule has 2 rings (SSSR count). The standard InChI is InChI=1S/C10H12ClNO2S/c11-8-6(2-5-15-8)7(12)10(9(13)14)3-1-4-10/h2,5,7H,1,3-4,12H2,(H,13,14). The maximum atomic E-state index is 11.2. The number of thiophene rings is 1. The first-order valence-electron chi connectivity index (χ1n) is 4.80. The van der Waals surface area contributed by atoms with E-state index in [1.54, 1.807) is 0 Å². The zero-order chi connectivity index (χ0) is 11.1. The number of carboxylic acids is 1. The van der Waals surface area contributed by atoms with Gasteiger partial charge in [0.05, 0.1) is 9.75 Å². The monoisotopic (exact) mass is 245 g/mol. The molecule has 1 aliphatic rings. The molecule has 0 saturated heterocycles. The summed E-state index contributed by atoms with van der Waals surface area (Å²) in [4.78, 5) is 11.2. The van der Waals surface area contributed by atoms with Crippen LogP contribution in [-0.4, -0.2) is 11.1 Å². The quantitative estimate of drug-likeness (QED) is 0.861. The molecule has 0 aromatic carbocycles. The van der Waals surface area contributed by atoms with Gasteiger partial charge in [0, 0.05) is 6.04 Å². The number of carboxylic acid groups (broad SMARTS) is 1. The van der Waals surface area contributed by atoms with E-state index in [2.05, 4.69) is 0 Å². The molecule has 1 aliphatic carbocycles. The highest BCUT2D eigenvalue weighted by Gasteiger charge is 2.50. The Morgan fingerprint density at radius 1 is 1.67 bits per heavy atom. The van der Waals surface area contributed by atoms with E-state index in [-0.39, 0.29) is 0 Å². The minimum absolute atomic E-state index is 0.484. The SMILES string of the molecule is NC(c1ccsc1Cl)C1(C(=O)O)CCC1. The second-order valence-electron chi connectivity index (χ2n) is 3.94. The average molecular weight is 246 g/mol. The summed E-state index contributed by atoms with van der Waals surface area (Å²) >= 11 is 7.36. The normalized spacial score (nSPS) is 20.7. The highest BCUT2D eigenvalue weighted by Crippen LogP contribution is 2.50. The molecule has 1 atom stereocenters. The van der Waals surface area contributed by atoms with Crippen molar-refractivity contribution in [2.75, 3.05) is 0 Å². The van der Waals surface area contributed by atoms with Gasteiger partial charge in [-0.2, -0.15) is 0 Å². The van der Waals surface area contributed by atoms with E-state index in [9.17, 15) is 9.90 Å². The van der Waals surface area contributed by atoms with E-state index in [0.29, 0.717) is 17.2 Å². The summed E-state index contributed by atoms with van der Waals surface area (Å²) in [5.74, 6) is -0.802. The van der Waals surface area contributed by atoms with Crippen molar-refractivity contribution in [3.8, 4) is 0 Å². The van der Waals surface area contributed by atoms with Gasteiger partial charge in [0.1, 0.15) is 0 Å². The summed E-state index contributed by atoms with van der Waals surface area (Å²) in [7, 11) is 0. The van der Waals surface area contributed by atoms with Crippen LogP contribution in [0.15, 0.2) is 11.4 Å². The van der Waals surface area contributed by atoms with Gasteiger partial charge in [-0.15, -0.1) is 11.3 Å². The topological polar surface area (TPSA) is 63.3 Å². The summed E-state index contributed by atoms with van der Waals surface area (Å²) in [5.41, 5.74) is 6.00. The Bertz CT molecular complexity index is 387. The highest BCUT2D eigenvalue weighted by atomic mass is 35.5. The first-order valence-corrected chi connectivity index (χ1v) is 6.05. The highest BCUT2D eigenvalue weighted by molar-refractivity contribution is 7.14. The van der Waals surface area contributed by atoms with Crippen LogP contribution in [0.3, 0.4) is 0 Å². The Kier molecular flexibility index (Phi) is 2.75. The predicted octanol–water partition coefficient (Wildman–Crippen LogP) is 2.66. The van der Waals surface area contributed by atoms with Gasteiger partial charge in [-0.3, -0.25) is 4.79 Å². The molecule has 1 saturated carbocycles. The van der Waals surface area contributed by atoms with Crippen molar-refractivity contribution in [1.29, 1.82) is 0 Å². The van der Waals surface area contributed by atoms with E-state index in [0.717, 1.165) is 12.0 Å². The second-order valence-corrected chi connectivity index (χ2v) is 5.46. The lowest BCUT2D eigenvalue weighted by Crippen LogP contribution is -2.46. The van der Waals surface area contributed by atoms with Crippen LogP contribution in [0, 0.1) is 5.41 Å². The maximum Gasteiger partial charge on any atom is 0.311 e. The average Bonchev–Trinajstić information content (AvgIpc) is 2.48. The molecule has 1 fully saturated rings. The molecule has 1 unspecified atom stereocenters. The van der Waals surface area contributed by atoms with Crippen molar-refractivity contribution in [2.24, 2.45) is 11.1 Å². The van der Waals surface area contributed by atoms with Crippen LogP contribution in [-0.2, 0) is 4.79 Å². The number of hydrogen-bond donors (Lipinski definition) is 2. The van der Waals surface area contributed by atoms with Crippen LogP contribution in [0.1, 0.15) is 30.9 Å². The van der Waals surface area contributed by atoms with Gasteiger partial charge < -0.3 is 10.8 Å². The molecule has 1 aromatic rings. The third-order valence-electron chi connectivity index (χ3n) is 3.25. The van der Waals surface area contributed by atoms with Gasteiger partial charge in [0.25, 0.3) is 0 Å².